The lowest BCUT2D eigenvalue weighted by atomic mass is 10.1. The van der Waals surface area contributed by atoms with Gasteiger partial charge in [-0.05, 0) is 66.8 Å². The minimum absolute atomic E-state index is 0.0191. The third kappa shape index (κ3) is 5.30. The van der Waals surface area contributed by atoms with Gasteiger partial charge in [0.05, 0.1) is 0 Å². The van der Waals surface area contributed by atoms with Crippen LogP contribution < -0.4 is 4.90 Å². The molecule has 2 aliphatic heterocycles. The Morgan fingerprint density at radius 1 is 0.972 bits per heavy atom. The predicted octanol–water partition coefficient (Wildman–Crippen LogP) is 5.17. The lowest BCUT2D eigenvalue weighted by molar-refractivity contribution is -0.116. The van der Waals surface area contributed by atoms with Crippen LogP contribution in [0.1, 0.15) is 47.7 Å². The number of nitrogens with zero attached hydrogens (tertiary/aromatic N) is 4. The highest BCUT2D eigenvalue weighted by Crippen LogP contribution is 2.33. The van der Waals surface area contributed by atoms with Gasteiger partial charge < -0.3 is 9.80 Å². The number of anilines is 1. The molecule has 3 aromatic rings. The van der Waals surface area contributed by atoms with E-state index >= 15 is 0 Å². The van der Waals surface area contributed by atoms with E-state index in [1.165, 1.54) is 0 Å². The van der Waals surface area contributed by atoms with Gasteiger partial charge in [0, 0.05) is 73.9 Å². The smallest absolute Gasteiger partial charge is 0.254 e. The molecule has 2 aliphatic rings. The lowest BCUT2D eigenvalue weighted by Gasteiger charge is -2.34. The first-order valence-corrected chi connectivity index (χ1v) is 12.9. The van der Waals surface area contributed by atoms with Crippen LogP contribution in [0.3, 0.4) is 0 Å². The topological polar surface area (TPSA) is 56.8 Å². The van der Waals surface area contributed by atoms with Crippen molar-refractivity contribution in [3.8, 4) is 0 Å². The van der Waals surface area contributed by atoms with Gasteiger partial charge in [0.15, 0.2) is 0 Å². The number of aromatic nitrogens is 1. The number of pyridine rings is 1. The summed E-state index contributed by atoms with van der Waals surface area (Å²) in [7, 11) is 0. The van der Waals surface area contributed by atoms with E-state index in [9.17, 15) is 9.59 Å². The van der Waals surface area contributed by atoms with E-state index in [1.807, 2.05) is 46.3 Å². The maximum absolute atomic E-state index is 13.8. The second kappa shape index (κ2) is 10.8. The zero-order chi connectivity index (χ0) is 25.1. The highest BCUT2D eigenvalue weighted by Gasteiger charge is 2.36. The van der Waals surface area contributed by atoms with Crippen LogP contribution in [0.15, 0.2) is 73.1 Å². The first kappa shape index (κ1) is 24.5. The second-order valence-electron chi connectivity index (χ2n) is 9.70. The van der Waals surface area contributed by atoms with Crippen molar-refractivity contribution >= 4 is 29.1 Å². The molecule has 6 nitrogen and oxygen atoms in total. The molecule has 0 spiro atoms. The summed E-state index contributed by atoms with van der Waals surface area (Å²) in [6.45, 7) is 4.10. The molecular formula is C29H31ClN4O2. The van der Waals surface area contributed by atoms with Crippen LogP contribution in [0.2, 0.25) is 5.02 Å². The summed E-state index contributed by atoms with van der Waals surface area (Å²) >= 11 is 6.09. The van der Waals surface area contributed by atoms with Crippen molar-refractivity contribution in [2.75, 3.05) is 18.0 Å². The van der Waals surface area contributed by atoms with Crippen molar-refractivity contribution < 1.29 is 9.59 Å². The Hall–Kier alpha value is -3.22. The van der Waals surface area contributed by atoms with Crippen molar-refractivity contribution in [3.63, 3.8) is 0 Å². The van der Waals surface area contributed by atoms with Gasteiger partial charge in [-0.3, -0.25) is 19.5 Å². The summed E-state index contributed by atoms with van der Waals surface area (Å²) in [6.07, 6.45) is 6.65. The summed E-state index contributed by atoms with van der Waals surface area (Å²) in [5.41, 5.74) is 3.64. The van der Waals surface area contributed by atoms with Gasteiger partial charge in [-0.1, -0.05) is 35.9 Å². The van der Waals surface area contributed by atoms with Crippen LogP contribution in [-0.4, -0.2) is 51.8 Å². The quantitative estimate of drug-likeness (QED) is 0.496. The minimum Gasteiger partial charge on any atom is -0.333 e. The first-order valence-electron chi connectivity index (χ1n) is 12.5. The van der Waals surface area contributed by atoms with Crippen LogP contribution in [0, 0.1) is 0 Å². The molecule has 0 N–H and O–H groups in total. The van der Waals surface area contributed by atoms with Gasteiger partial charge >= 0.3 is 0 Å². The number of hydrogen-bond acceptors (Lipinski definition) is 4. The Morgan fingerprint density at radius 2 is 1.75 bits per heavy atom. The Balaban J connectivity index is 1.53. The summed E-state index contributed by atoms with van der Waals surface area (Å²) in [6, 6.07) is 19.7. The van der Waals surface area contributed by atoms with Crippen LogP contribution in [0.4, 0.5) is 5.69 Å². The Labute approximate surface area is 217 Å². The van der Waals surface area contributed by atoms with E-state index in [-0.39, 0.29) is 17.9 Å². The molecule has 2 unspecified atom stereocenters. The van der Waals surface area contributed by atoms with E-state index in [4.69, 9.17) is 11.6 Å². The number of para-hydroxylation sites is 1. The number of fused-ring (bicyclic) bond motifs is 3. The number of amides is 2. The molecule has 1 fully saturated rings. The van der Waals surface area contributed by atoms with Crippen LogP contribution in [0.25, 0.3) is 0 Å². The number of carbonyl (C=O) groups excluding carboxylic acids is 2. The van der Waals surface area contributed by atoms with Gasteiger partial charge in [-0.2, -0.15) is 0 Å². The average Bonchev–Trinajstić information content (AvgIpc) is 3.24. The maximum Gasteiger partial charge on any atom is 0.254 e. The molecule has 3 heterocycles. The summed E-state index contributed by atoms with van der Waals surface area (Å²) < 4.78 is 0. The van der Waals surface area contributed by atoms with Crippen LogP contribution >= 0.6 is 11.6 Å². The molecule has 2 bridgehead atoms. The largest absolute Gasteiger partial charge is 0.333 e. The minimum atomic E-state index is -0.0279. The van der Waals surface area contributed by atoms with Gasteiger partial charge in [-0.15, -0.1) is 0 Å². The average molecular weight is 503 g/mol. The molecule has 1 aromatic heterocycles. The molecule has 0 aliphatic carbocycles. The van der Waals surface area contributed by atoms with Crippen molar-refractivity contribution in [2.45, 2.75) is 51.4 Å². The molecular weight excluding hydrogens is 472 g/mol. The van der Waals surface area contributed by atoms with E-state index in [1.54, 1.807) is 37.4 Å². The fourth-order valence-electron chi connectivity index (χ4n) is 5.57. The van der Waals surface area contributed by atoms with Gasteiger partial charge in [0.25, 0.3) is 5.91 Å². The number of halogens is 1. The number of carbonyl (C=O) groups is 2. The lowest BCUT2D eigenvalue weighted by Crippen LogP contribution is -2.45. The van der Waals surface area contributed by atoms with Gasteiger partial charge in [0.2, 0.25) is 5.91 Å². The van der Waals surface area contributed by atoms with Crippen molar-refractivity contribution in [1.29, 1.82) is 0 Å². The Morgan fingerprint density at radius 3 is 2.50 bits per heavy atom. The molecule has 0 radical (unpaired) electrons. The molecule has 1 saturated heterocycles. The third-order valence-electron chi connectivity index (χ3n) is 7.38. The zero-order valence-electron chi connectivity index (χ0n) is 20.5. The molecule has 2 atom stereocenters. The second-order valence-corrected chi connectivity index (χ2v) is 10.1. The number of rotatable bonds is 3. The normalized spacial score (nSPS) is 20.5. The molecule has 0 saturated carbocycles. The molecule has 7 heteroatoms. The van der Waals surface area contributed by atoms with Gasteiger partial charge in [0.1, 0.15) is 0 Å². The highest BCUT2D eigenvalue weighted by atomic mass is 35.5. The first-order chi connectivity index (χ1) is 17.5. The SMILES string of the molecule is CC(=O)N1CCC2CCC(CN(C(=O)c3ccc(Cl)cc3)Cc3ccccc31)N2Cc1cccnc1. The third-order valence-corrected chi connectivity index (χ3v) is 7.63. The van der Waals surface area contributed by atoms with Crippen molar-refractivity contribution in [3.05, 3.63) is 94.8 Å². The van der Waals surface area contributed by atoms with E-state index in [0.717, 1.165) is 42.6 Å². The Kier molecular flexibility index (Phi) is 7.35. The van der Waals surface area contributed by atoms with E-state index in [2.05, 4.69) is 16.0 Å². The summed E-state index contributed by atoms with van der Waals surface area (Å²) in [5, 5.41) is 0.604. The molecule has 5 rings (SSSR count). The fourth-order valence-corrected chi connectivity index (χ4v) is 5.70. The number of hydrogen-bond donors (Lipinski definition) is 0. The van der Waals surface area contributed by atoms with Crippen LogP contribution in [0.5, 0.6) is 0 Å². The molecule has 36 heavy (non-hydrogen) atoms. The highest BCUT2D eigenvalue weighted by molar-refractivity contribution is 6.30. The Bertz CT molecular complexity index is 1220. The van der Waals surface area contributed by atoms with E-state index < -0.39 is 0 Å². The standard InChI is InChI=1S/C29H31ClN4O2/c1-21(35)33-16-14-26-12-13-27(34(26)18-22-5-4-15-31-17-22)20-32(19-24-6-2-3-7-28(24)33)29(36)23-8-10-25(30)11-9-23/h2-11,15,17,26-27H,12-14,16,18-20H2,1H3. The summed E-state index contributed by atoms with van der Waals surface area (Å²) in [5.74, 6) is -0.00880. The predicted molar refractivity (Wildman–Crippen MR) is 142 cm³/mol. The fraction of sp³-hybridized carbons (Fsp3) is 0.345. The molecule has 2 aromatic carbocycles. The van der Waals surface area contributed by atoms with E-state index in [0.29, 0.717) is 36.3 Å². The maximum atomic E-state index is 13.8. The molecule has 2 amide bonds. The van der Waals surface area contributed by atoms with Crippen molar-refractivity contribution in [1.82, 2.24) is 14.8 Å². The monoisotopic (exact) mass is 502 g/mol. The van der Waals surface area contributed by atoms with Crippen LogP contribution in [-0.2, 0) is 17.9 Å². The zero-order valence-corrected chi connectivity index (χ0v) is 21.3. The summed E-state index contributed by atoms with van der Waals surface area (Å²) in [4.78, 5) is 37.2. The van der Waals surface area contributed by atoms with Crippen molar-refractivity contribution in [2.24, 2.45) is 0 Å². The number of benzene rings is 2. The molecule has 186 valence electrons. The van der Waals surface area contributed by atoms with Gasteiger partial charge in [-0.25, -0.2) is 0 Å².